The molecule has 0 fully saturated rings. The minimum atomic E-state index is 0.495. The molecule has 0 saturated heterocycles. The first-order chi connectivity index (χ1) is 9.79. The van der Waals surface area contributed by atoms with Crippen LogP contribution in [0.3, 0.4) is 0 Å². The highest BCUT2D eigenvalue weighted by Crippen LogP contribution is 2.18. The van der Waals surface area contributed by atoms with Crippen molar-refractivity contribution < 1.29 is 0 Å². The van der Waals surface area contributed by atoms with Gasteiger partial charge >= 0.3 is 0 Å². The molecule has 4 heteroatoms. The lowest BCUT2D eigenvalue weighted by molar-refractivity contribution is 0.684. The minimum Gasteiger partial charge on any atom is -0.384 e. The number of aromatic nitrogens is 2. The van der Waals surface area contributed by atoms with Crippen LogP contribution in [0, 0.1) is 0 Å². The van der Waals surface area contributed by atoms with Crippen LogP contribution in [-0.2, 0) is 0 Å². The van der Waals surface area contributed by atoms with Gasteiger partial charge in [0, 0.05) is 18.2 Å². The summed E-state index contributed by atoms with van der Waals surface area (Å²) in [6.45, 7) is 3.13. The standard InChI is InChI=1S/C16H22N4/c1-2-3-4-8-11-18-15-12-14(17)19-16(20-15)13-9-6-5-7-10-13/h5-7,9-10,12H,2-4,8,11H2,1H3,(H3,17,18,19,20). The SMILES string of the molecule is CCCCCCNc1cc(N)nc(-c2ccccc2)n1. The topological polar surface area (TPSA) is 63.8 Å². The zero-order valence-corrected chi connectivity index (χ0v) is 12.0. The molecule has 2 rings (SSSR count). The molecule has 20 heavy (non-hydrogen) atoms. The zero-order valence-electron chi connectivity index (χ0n) is 12.0. The Hall–Kier alpha value is -2.10. The van der Waals surface area contributed by atoms with Crippen molar-refractivity contribution in [2.45, 2.75) is 32.6 Å². The molecule has 0 aliphatic heterocycles. The Labute approximate surface area is 120 Å². The Kier molecular flexibility index (Phi) is 5.35. The van der Waals surface area contributed by atoms with E-state index in [-0.39, 0.29) is 0 Å². The first-order valence-electron chi connectivity index (χ1n) is 7.23. The number of nitrogens with one attached hydrogen (secondary N) is 1. The summed E-state index contributed by atoms with van der Waals surface area (Å²) in [6, 6.07) is 11.7. The van der Waals surface area contributed by atoms with Gasteiger partial charge in [0.1, 0.15) is 11.6 Å². The van der Waals surface area contributed by atoms with Gasteiger partial charge in [0.05, 0.1) is 0 Å². The summed E-state index contributed by atoms with van der Waals surface area (Å²) in [5, 5.41) is 3.32. The molecule has 106 valence electrons. The fraction of sp³-hybridized carbons (Fsp3) is 0.375. The highest BCUT2D eigenvalue weighted by molar-refractivity contribution is 5.60. The molecule has 1 aromatic carbocycles. The van der Waals surface area contributed by atoms with Crippen LogP contribution >= 0.6 is 0 Å². The number of benzene rings is 1. The number of nitrogen functional groups attached to an aromatic ring is 1. The predicted molar refractivity (Wildman–Crippen MR) is 84.5 cm³/mol. The smallest absolute Gasteiger partial charge is 0.163 e. The average molecular weight is 270 g/mol. The second-order valence-corrected chi connectivity index (χ2v) is 4.86. The summed E-state index contributed by atoms with van der Waals surface area (Å²) < 4.78 is 0. The van der Waals surface area contributed by atoms with Gasteiger partial charge in [-0.3, -0.25) is 0 Å². The Morgan fingerprint density at radius 1 is 1.05 bits per heavy atom. The first kappa shape index (κ1) is 14.3. The van der Waals surface area contributed by atoms with Crippen molar-refractivity contribution in [3.05, 3.63) is 36.4 Å². The Balaban J connectivity index is 2.02. The molecule has 1 heterocycles. The van der Waals surface area contributed by atoms with Gasteiger partial charge in [0.2, 0.25) is 0 Å². The van der Waals surface area contributed by atoms with Crippen LogP contribution in [0.5, 0.6) is 0 Å². The average Bonchev–Trinajstić information content (AvgIpc) is 2.47. The van der Waals surface area contributed by atoms with Gasteiger partial charge in [-0.15, -0.1) is 0 Å². The largest absolute Gasteiger partial charge is 0.384 e. The number of unbranched alkanes of at least 4 members (excludes halogenated alkanes) is 3. The summed E-state index contributed by atoms with van der Waals surface area (Å²) >= 11 is 0. The van der Waals surface area contributed by atoms with Crippen LogP contribution in [0.25, 0.3) is 11.4 Å². The third-order valence-electron chi connectivity index (χ3n) is 3.11. The fourth-order valence-electron chi connectivity index (χ4n) is 2.04. The first-order valence-corrected chi connectivity index (χ1v) is 7.23. The third kappa shape index (κ3) is 4.23. The summed E-state index contributed by atoms with van der Waals surface area (Å²) in [5.41, 5.74) is 6.84. The third-order valence-corrected chi connectivity index (χ3v) is 3.11. The van der Waals surface area contributed by atoms with Crippen molar-refractivity contribution in [2.75, 3.05) is 17.6 Å². The van der Waals surface area contributed by atoms with Crippen LogP contribution in [0.2, 0.25) is 0 Å². The summed E-state index contributed by atoms with van der Waals surface area (Å²) in [7, 11) is 0. The van der Waals surface area contributed by atoms with Gasteiger partial charge in [-0.1, -0.05) is 56.5 Å². The normalized spacial score (nSPS) is 10.4. The van der Waals surface area contributed by atoms with E-state index in [1.807, 2.05) is 30.3 Å². The van der Waals surface area contributed by atoms with Gasteiger partial charge in [-0.25, -0.2) is 9.97 Å². The quantitative estimate of drug-likeness (QED) is 0.753. The number of nitrogens with zero attached hydrogens (tertiary/aromatic N) is 2. The number of hydrogen-bond donors (Lipinski definition) is 2. The van der Waals surface area contributed by atoms with E-state index in [1.165, 1.54) is 19.3 Å². The predicted octanol–water partition coefficient (Wildman–Crippen LogP) is 3.72. The van der Waals surface area contributed by atoms with Gasteiger partial charge in [0.15, 0.2) is 5.82 Å². The monoisotopic (exact) mass is 270 g/mol. The van der Waals surface area contributed by atoms with Gasteiger partial charge in [-0.2, -0.15) is 0 Å². The molecule has 0 amide bonds. The minimum absolute atomic E-state index is 0.495. The number of nitrogens with two attached hydrogens (primary N) is 1. The molecule has 2 aromatic rings. The van der Waals surface area contributed by atoms with E-state index in [0.29, 0.717) is 11.6 Å². The summed E-state index contributed by atoms with van der Waals surface area (Å²) in [5.74, 6) is 1.96. The van der Waals surface area contributed by atoms with E-state index in [4.69, 9.17) is 5.73 Å². The molecular formula is C16H22N4. The molecule has 0 spiro atoms. The van der Waals surface area contributed by atoms with E-state index >= 15 is 0 Å². The summed E-state index contributed by atoms with van der Waals surface area (Å²) in [4.78, 5) is 8.81. The number of hydrogen-bond acceptors (Lipinski definition) is 4. The molecule has 0 aliphatic carbocycles. The van der Waals surface area contributed by atoms with E-state index in [0.717, 1.165) is 24.3 Å². The molecule has 0 unspecified atom stereocenters. The van der Waals surface area contributed by atoms with Crippen LogP contribution in [-0.4, -0.2) is 16.5 Å². The molecule has 0 atom stereocenters. The zero-order chi connectivity index (χ0) is 14.2. The summed E-state index contributed by atoms with van der Waals surface area (Å²) in [6.07, 6.45) is 4.93. The van der Waals surface area contributed by atoms with E-state index in [2.05, 4.69) is 22.2 Å². The molecule has 1 aromatic heterocycles. The maximum absolute atomic E-state index is 5.86. The molecule has 4 nitrogen and oxygen atoms in total. The van der Waals surface area contributed by atoms with Crippen molar-refractivity contribution in [2.24, 2.45) is 0 Å². The Morgan fingerprint density at radius 2 is 1.85 bits per heavy atom. The van der Waals surface area contributed by atoms with E-state index in [9.17, 15) is 0 Å². The van der Waals surface area contributed by atoms with Crippen LogP contribution in [0.4, 0.5) is 11.6 Å². The van der Waals surface area contributed by atoms with Crippen molar-refractivity contribution in [3.63, 3.8) is 0 Å². The lowest BCUT2D eigenvalue weighted by atomic mass is 10.2. The van der Waals surface area contributed by atoms with Crippen LogP contribution < -0.4 is 11.1 Å². The molecule has 3 N–H and O–H groups in total. The van der Waals surface area contributed by atoms with Gasteiger partial charge in [-0.05, 0) is 6.42 Å². The van der Waals surface area contributed by atoms with Crippen LogP contribution in [0.1, 0.15) is 32.6 Å². The Bertz CT molecular complexity index is 525. The highest BCUT2D eigenvalue weighted by Gasteiger charge is 2.04. The number of rotatable bonds is 7. The maximum atomic E-state index is 5.86. The molecule has 0 radical (unpaired) electrons. The van der Waals surface area contributed by atoms with Gasteiger partial charge < -0.3 is 11.1 Å². The van der Waals surface area contributed by atoms with Crippen LogP contribution in [0.15, 0.2) is 36.4 Å². The van der Waals surface area contributed by atoms with E-state index < -0.39 is 0 Å². The Morgan fingerprint density at radius 3 is 2.60 bits per heavy atom. The molecule has 0 bridgehead atoms. The second kappa shape index (κ2) is 7.48. The van der Waals surface area contributed by atoms with E-state index in [1.54, 1.807) is 6.07 Å². The lowest BCUT2D eigenvalue weighted by Crippen LogP contribution is -2.06. The van der Waals surface area contributed by atoms with Gasteiger partial charge in [0.25, 0.3) is 0 Å². The molecule has 0 saturated carbocycles. The maximum Gasteiger partial charge on any atom is 0.163 e. The van der Waals surface area contributed by atoms with Crippen molar-refractivity contribution >= 4 is 11.6 Å². The number of anilines is 2. The van der Waals surface area contributed by atoms with Crippen molar-refractivity contribution in [1.29, 1.82) is 0 Å². The fourth-order valence-corrected chi connectivity index (χ4v) is 2.04. The highest BCUT2D eigenvalue weighted by atomic mass is 15.0. The second-order valence-electron chi connectivity index (χ2n) is 4.86. The molecule has 0 aliphatic rings. The van der Waals surface area contributed by atoms with Crippen molar-refractivity contribution in [1.82, 2.24) is 9.97 Å². The molecular weight excluding hydrogens is 248 g/mol. The lowest BCUT2D eigenvalue weighted by Gasteiger charge is -2.08. The van der Waals surface area contributed by atoms with Crippen molar-refractivity contribution in [3.8, 4) is 11.4 Å².